The summed E-state index contributed by atoms with van der Waals surface area (Å²) in [4.78, 5) is 0. The Hall–Kier alpha value is -0.810. The van der Waals surface area contributed by atoms with Crippen molar-refractivity contribution >= 4 is 33.1 Å². The van der Waals surface area contributed by atoms with Crippen molar-refractivity contribution in [3.05, 3.63) is 32.6 Å². The molecule has 2 aromatic heterocycles. The number of rotatable bonds is 2. The Balaban J connectivity index is 2.42. The Morgan fingerprint density at radius 3 is 2.80 bits per heavy atom. The fourth-order valence-corrected chi connectivity index (χ4v) is 2.50. The number of anilines is 1. The second kappa shape index (κ2) is 3.98. The minimum atomic E-state index is 0.182. The smallest absolute Gasteiger partial charge is 0.137 e. The van der Waals surface area contributed by atoms with Gasteiger partial charge in [-0.05, 0) is 52.2 Å². The number of hydrogen-bond acceptors (Lipinski definition) is 3. The van der Waals surface area contributed by atoms with E-state index in [1.54, 1.807) is 11.3 Å². The van der Waals surface area contributed by atoms with E-state index < -0.39 is 0 Å². The first-order valence-corrected chi connectivity index (χ1v) is 6.37. The summed E-state index contributed by atoms with van der Waals surface area (Å²) in [5.41, 5.74) is 8.13. The van der Waals surface area contributed by atoms with Gasteiger partial charge in [-0.15, -0.1) is 0 Å². The summed E-state index contributed by atoms with van der Waals surface area (Å²) in [6, 6.07) is 2.28. The number of nitrogen functional groups attached to an aromatic ring is 1. The van der Waals surface area contributed by atoms with Gasteiger partial charge in [0.1, 0.15) is 5.82 Å². The van der Waals surface area contributed by atoms with E-state index in [0.717, 1.165) is 10.2 Å². The van der Waals surface area contributed by atoms with E-state index in [2.05, 4.69) is 44.8 Å². The van der Waals surface area contributed by atoms with Gasteiger partial charge in [0, 0.05) is 0 Å². The van der Waals surface area contributed by atoms with Gasteiger partial charge in [-0.3, -0.25) is 0 Å². The molecular weight excluding hydrogens is 274 g/mol. The molecule has 1 atom stereocenters. The molecule has 0 aliphatic heterocycles. The molecule has 2 aromatic rings. The first-order chi connectivity index (χ1) is 7.11. The molecule has 0 bridgehead atoms. The van der Waals surface area contributed by atoms with Crippen molar-refractivity contribution in [1.29, 1.82) is 0 Å². The van der Waals surface area contributed by atoms with Crippen LogP contribution < -0.4 is 5.73 Å². The molecular formula is C10H12BrN3S. The molecule has 0 saturated heterocycles. The SMILES string of the molecule is Cc1nn(C(C)c2ccsc2)c(N)c1Br. The highest BCUT2D eigenvalue weighted by Crippen LogP contribution is 2.29. The van der Waals surface area contributed by atoms with Gasteiger partial charge in [-0.2, -0.15) is 16.4 Å². The number of halogens is 1. The monoisotopic (exact) mass is 285 g/mol. The number of nitrogens with zero attached hydrogens (tertiary/aromatic N) is 2. The maximum atomic E-state index is 5.97. The zero-order valence-corrected chi connectivity index (χ0v) is 11.0. The van der Waals surface area contributed by atoms with Crippen LogP contribution in [-0.2, 0) is 0 Å². The third-order valence-corrected chi connectivity index (χ3v) is 4.12. The standard InChI is InChI=1S/C10H12BrN3S/c1-6-9(11)10(12)14(13-6)7(2)8-3-4-15-5-8/h3-5,7H,12H2,1-2H3. The summed E-state index contributed by atoms with van der Waals surface area (Å²) in [6.45, 7) is 4.04. The highest BCUT2D eigenvalue weighted by Gasteiger charge is 2.16. The Morgan fingerprint density at radius 2 is 2.33 bits per heavy atom. The Bertz CT molecular complexity index is 461. The van der Waals surface area contributed by atoms with Crippen LogP contribution in [0.3, 0.4) is 0 Å². The minimum absolute atomic E-state index is 0.182. The fraction of sp³-hybridized carbons (Fsp3) is 0.300. The number of thiophene rings is 1. The first-order valence-electron chi connectivity index (χ1n) is 4.63. The molecule has 0 saturated carbocycles. The van der Waals surface area contributed by atoms with Crippen molar-refractivity contribution in [3.8, 4) is 0 Å². The predicted octanol–water partition coefficient (Wildman–Crippen LogP) is 3.21. The van der Waals surface area contributed by atoms with E-state index in [9.17, 15) is 0 Å². The molecule has 0 fully saturated rings. The molecule has 0 spiro atoms. The van der Waals surface area contributed by atoms with E-state index in [-0.39, 0.29) is 6.04 Å². The fourth-order valence-electron chi connectivity index (χ4n) is 1.49. The van der Waals surface area contributed by atoms with Crippen LogP contribution in [-0.4, -0.2) is 9.78 Å². The average Bonchev–Trinajstić information content (AvgIpc) is 2.82. The lowest BCUT2D eigenvalue weighted by atomic mass is 10.2. The van der Waals surface area contributed by atoms with Crippen molar-refractivity contribution in [2.24, 2.45) is 0 Å². The number of nitrogens with two attached hydrogens (primary N) is 1. The molecule has 0 aliphatic carbocycles. The van der Waals surface area contributed by atoms with Crippen LogP contribution in [0.1, 0.15) is 24.2 Å². The zero-order valence-electron chi connectivity index (χ0n) is 8.57. The lowest BCUT2D eigenvalue weighted by molar-refractivity contribution is 0.570. The minimum Gasteiger partial charge on any atom is -0.383 e. The van der Waals surface area contributed by atoms with Crippen molar-refractivity contribution in [3.63, 3.8) is 0 Å². The van der Waals surface area contributed by atoms with Crippen molar-refractivity contribution < 1.29 is 0 Å². The number of aromatic nitrogens is 2. The van der Waals surface area contributed by atoms with E-state index in [0.29, 0.717) is 5.82 Å². The Kier molecular flexibility index (Phi) is 2.84. The van der Waals surface area contributed by atoms with Crippen molar-refractivity contribution in [2.75, 3.05) is 5.73 Å². The quantitative estimate of drug-likeness (QED) is 0.921. The van der Waals surface area contributed by atoms with Crippen LogP contribution >= 0.6 is 27.3 Å². The van der Waals surface area contributed by atoms with Gasteiger partial charge in [-0.25, -0.2) is 4.68 Å². The largest absolute Gasteiger partial charge is 0.383 e. The second-order valence-electron chi connectivity index (χ2n) is 3.46. The molecule has 3 nitrogen and oxygen atoms in total. The van der Waals surface area contributed by atoms with Crippen LogP contribution in [0.15, 0.2) is 21.3 Å². The van der Waals surface area contributed by atoms with E-state index >= 15 is 0 Å². The van der Waals surface area contributed by atoms with Gasteiger partial charge < -0.3 is 5.73 Å². The van der Waals surface area contributed by atoms with Crippen LogP contribution in [0.5, 0.6) is 0 Å². The summed E-state index contributed by atoms with van der Waals surface area (Å²) in [5.74, 6) is 0.686. The first kappa shape index (κ1) is 10.7. The van der Waals surface area contributed by atoms with Gasteiger partial charge >= 0.3 is 0 Å². The maximum absolute atomic E-state index is 5.97. The summed E-state index contributed by atoms with van der Waals surface area (Å²) < 4.78 is 2.74. The Morgan fingerprint density at radius 1 is 1.60 bits per heavy atom. The molecule has 1 unspecified atom stereocenters. The van der Waals surface area contributed by atoms with Gasteiger partial charge in [0.05, 0.1) is 16.2 Å². The zero-order chi connectivity index (χ0) is 11.0. The van der Waals surface area contributed by atoms with E-state index in [4.69, 9.17) is 5.73 Å². The van der Waals surface area contributed by atoms with Gasteiger partial charge in [0.25, 0.3) is 0 Å². The number of aryl methyl sites for hydroxylation is 1. The van der Waals surface area contributed by atoms with Crippen LogP contribution in [0, 0.1) is 6.92 Å². The van der Waals surface area contributed by atoms with Crippen LogP contribution in [0.4, 0.5) is 5.82 Å². The molecule has 0 radical (unpaired) electrons. The normalized spacial score (nSPS) is 13.0. The van der Waals surface area contributed by atoms with Crippen LogP contribution in [0.2, 0.25) is 0 Å². The summed E-state index contributed by atoms with van der Waals surface area (Å²) in [7, 11) is 0. The average molecular weight is 286 g/mol. The molecule has 0 amide bonds. The number of hydrogen-bond donors (Lipinski definition) is 1. The molecule has 5 heteroatoms. The molecule has 2 N–H and O–H groups in total. The molecule has 0 aliphatic rings. The van der Waals surface area contributed by atoms with Crippen molar-refractivity contribution in [1.82, 2.24) is 9.78 Å². The predicted molar refractivity (Wildman–Crippen MR) is 67.2 cm³/mol. The molecule has 80 valence electrons. The molecule has 0 aromatic carbocycles. The van der Waals surface area contributed by atoms with Gasteiger partial charge in [-0.1, -0.05) is 0 Å². The highest BCUT2D eigenvalue weighted by atomic mass is 79.9. The molecule has 2 heterocycles. The highest BCUT2D eigenvalue weighted by molar-refractivity contribution is 9.10. The third kappa shape index (κ3) is 1.81. The maximum Gasteiger partial charge on any atom is 0.137 e. The third-order valence-electron chi connectivity index (χ3n) is 2.44. The van der Waals surface area contributed by atoms with Crippen molar-refractivity contribution in [2.45, 2.75) is 19.9 Å². The summed E-state index contributed by atoms with van der Waals surface area (Å²) in [6.07, 6.45) is 0. The molecule has 15 heavy (non-hydrogen) atoms. The Labute approximate surface area is 101 Å². The van der Waals surface area contributed by atoms with Gasteiger partial charge in [0.2, 0.25) is 0 Å². The second-order valence-corrected chi connectivity index (χ2v) is 5.03. The lowest BCUT2D eigenvalue weighted by Gasteiger charge is -2.12. The van der Waals surface area contributed by atoms with E-state index in [1.165, 1.54) is 5.56 Å². The summed E-state index contributed by atoms with van der Waals surface area (Å²) >= 11 is 5.11. The lowest BCUT2D eigenvalue weighted by Crippen LogP contribution is -2.10. The summed E-state index contributed by atoms with van der Waals surface area (Å²) in [5, 5.41) is 8.60. The van der Waals surface area contributed by atoms with Gasteiger partial charge in [0.15, 0.2) is 0 Å². The molecule has 2 rings (SSSR count). The van der Waals surface area contributed by atoms with Crippen LogP contribution in [0.25, 0.3) is 0 Å². The topological polar surface area (TPSA) is 43.8 Å². The van der Waals surface area contributed by atoms with E-state index in [1.807, 2.05) is 11.6 Å².